The molecule has 0 saturated heterocycles. The third-order valence-corrected chi connectivity index (χ3v) is 2.42. The molecule has 0 fully saturated rings. The Balaban J connectivity index is 2.67. The first-order valence-corrected chi connectivity index (χ1v) is 5.54. The molecule has 0 saturated carbocycles. The maximum Gasteiger partial charge on any atom is 0.232 e. The van der Waals surface area contributed by atoms with Gasteiger partial charge in [0, 0.05) is 0 Å². The van der Waals surface area contributed by atoms with Gasteiger partial charge in [-0.05, 0) is 13.2 Å². The summed E-state index contributed by atoms with van der Waals surface area (Å²) in [4.78, 5) is 4.16. The highest BCUT2D eigenvalue weighted by Crippen LogP contribution is 2.17. The molecule has 2 atom stereocenters. The topological polar surface area (TPSA) is 59.2 Å². The zero-order chi connectivity index (χ0) is 9.84. The molecule has 1 heterocycles. The van der Waals surface area contributed by atoms with Crippen LogP contribution in [0.2, 0.25) is 0 Å². The van der Waals surface area contributed by atoms with Crippen molar-refractivity contribution in [3.05, 3.63) is 11.7 Å². The zero-order valence-corrected chi connectivity index (χ0v) is 8.84. The highest BCUT2D eigenvalue weighted by atomic mass is 32.2. The largest absolute Gasteiger partial charge is 0.393 e. The standard InChI is InChI=1S/C8H14N2O2S/c1-5(6(2)11)8-9-7(4-13-3)10-12-8/h5-6,11H,4H2,1-3H3. The first kappa shape index (κ1) is 10.5. The van der Waals surface area contributed by atoms with Gasteiger partial charge in [0.05, 0.1) is 17.8 Å². The number of aliphatic hydroxyl groups is 1. The maximum absolute atomic E-state index is 9.28. The number of rotatable bonds is 4. The minimum Gasteiger partial charge on any atom is -0.393 e. The molecule has 13 heavy (non-hydrogen) atoms. The Morgan fingerprint density at radius 3 is 2.77 bits per heavy atom. The van der Waals surface area contributed by atoms with Crippen LogP contribution in [-0.2, 0) is 5.75 Å². The molecule has 2 unspecified atom stereocenters. The fourth-order valence-electron chi connectivity index (χ4n) is 0.846. The van der Waals surface area contributed by atoms with E-state index in [4.69, 9.17) is 4.52 Å². The summed E-state index contributed by atoms with van der Waals surface area (Å²) in [5.74, 6) is 1.85. The molecule has 0 aromatic carbocycles. The van der Waals surface area contributed by atoms with Crippen molar-refractivity contribution < 1.29 is 9.63 Å². The third kappa shape index (κ3) is 2.70. The molecule has 5 heteroatoms. The highest BCUT2D eigenvalue weighted by Gasteiger charge is 2.18. The van der Waals surface area contributed by atoms with Crippen LogP contribution in [0, 0.1) is 0 Å². The van der Waals surface area contributed by atoms with E-state index in [1.807, 2.05) is 13.2 Å². The maximum atomic E-state index is 9.28. The van der Waals surface area contributed by atoms with E-state index in [-0.39, 0.29) is 5.92 Å². The average molecular weight is 202 g/mol. The molecule has 0 spiro atoms. The van der Waals surface area contributed by atoms with Crippen LogP contribution in [0.1, 0.15) is 31.5 Å². The summed E-state index contributed by atoms with van der Waals surface area (Å²) in [5.41, 5.74) is 0. The smallest absolute Gasteiger partial charge is 0.232 e. The Hall–Kier alpha value is -0.550. The molecule has 74 valence electrons. The fraction of sp³-hybridized carbons (Fsp3) is 0.750. The van der Waals surface area contributed by atoms with Crippen molar-refractivity contribution >= 4 is 11.8 Å². The molecule has 4 nitrogen and oxygen atoms in total. The SMILES string of the molecule is CSCc1noc(C(C)C(C)O)n1. The van der Waals surface area contributed by atoms with Gasteiger partial charge in [0.1, 0.15) is 0 Å². The van der Waals surface area contributed by atoms with Gasteiger partial charge in [-0.2, -0.15) is 16.7 Å². The van der Waals surface area contributed by atoms with Gasteiger partial charge in [-0.3, -0.25) is 0 Å². The van der Waals surface area contributed by atoms with E-state index in [1.54, 1.807) is 18.7 Å². The zero-order valence-electron chi connectivity index (χ0n) is 8.02. The van der Waals surface area contributed by atoms with Crippen LogP contribution in [0.4, 0.5) is 0 Å². The molecule has 0 amide bonds. The third-order valence-electron chi connectivity index (χ3n) is 1.87. The highest BCUT2D eigenvalue weighted by molar-refractivity contribution is 7.97. The molecule has 1 N–H and O–H groups in total. The molecule has 1 rings (SSSR count). The molecule has 0 aliphatic rings. The van der Waals surface area contributed by atoms with E-state index >= 15 is 0 Å². The summed E-state index contributed by atoms with van der Waals surface area (Å²) >= 11 is 1.64. The van der Waals surface area contributed by atoms with Gasteiger partial charge in [0.25, 0.3) is 0 Å². The van der Waals surface area contributed by atoms with Crippen molar-refractivity contribution in [1.82, 2.24) is 10.1 Å². The quantitative estimate of drug-likeness (QED) is 0.800. The Kier molecular flexibility index (Phi) is 3.74. The molecule has 0 aliphatic heterocycles. The van der Waals surface area contributed by atoms with Crippen molar-refractivity contribution in [3.63, 3.8) is 0 Å². The summed E-state index contributed by atoms with van der Waals surface area (Å²) in [6.45, 7) is 3.57. The second kappa shape index (κ2) is 4.62. The summed E-state index contributed by atoms with van der Waals surface area (Å²) in [6.07, 6.45) is 1.52. The average Bonchev–Trinajstić information content (AvgIpc) is 2.52. The van der Waals surface area contributed by atoms with Gasteiger partial charge in [-0.15, -0.1) is 0 Å². The van der Waals surface area contributed by atoms with Crippen molar-refractivity contribution in [1.29, 1.82) is 0 Å². The molecule has 0 aliphatic carbocycles. The van der Waals surface area contributed by atoms with E-state index in [0.717, 1.165) is 5.75 Å². The second-order valence-electron chi connectivity index (χ2n) is 3.01. The number of hydrogen-bond acceptors (Lipinski definition) is 5. The van der Waals surface area contributed by atoms with Gasteiger partial charge in [0.2, 0.25) is 5.89 Å². The molecule has 1 aromatic rings. The Bertz CT molecular complexity index is 262. The predicted molar refractivity (Wildman–Crippen MR) is 51.6 cm³/mol. The van der Waals surface area contributed by atoms with Crippen molar-refractivity contribution in [3.8, 4) is 0 Å². The number of aliphatic hydroxyl groups excluding tert-OH is 1. The van der Waals surface area contributed by atoms with Crippen LogP contribution in [0.5, 0.6) is 0 Å². The Morgan fingerprint density at radius 1 is 1.54 bits per heavy atom. The molecule has 1 aromatic heterocycles. The lowest BCUT2D eigenvalue weighted by atomic mass is 10.1. The van der Waals surface area contributed by atoms with Crippen LogP contribution in [0.15, 0.2) is 4.52 Å². The van der Waals surface area contributed by atoms with E-state index in [0.29, 0.717) is 11.7 Å². The lowest BCUT2D eigenvalue weighted by Crippen LogP contribution is -2.11. The predicted octanol–water partition coefficient (Wildman–Crippen LogP) is 1.42. The van der Waals surface area contributed by atoms with E-state index < -0.39 is 6.10 Å². The molecule has 0 radical (unpaired) electrons. The van der Waals surface area contributed by atoms with Gasteiger partial charge in [0.15, 0.2) is 5.82 Å². The van der Waals surface area contributed by atoms with Gasteiger partial charge in [-0.25, -0.2) is 0 Å². The lowest BCUT2D eigenvalue weighted by molar-refractivity contribution is 0.151. The fourth-order valence-corrected chi connectivity index (χ4v) is 1.22. The van der Waals surface area contributed by atoms with E-state index in [2.05, 4.69) is 10.1 Å². The Morgan fingerprint density at radius 2 is 2.23 bits per heavy atom. The van der Waals surface area contributed by atoms with E-state index in [9.17, 15) is 5.11 Å². The van der Waals surface area contributed by atoms with E-state index in [1.165, 1.54) is 0 Å². The van der Waals surface area contributed by atoms with Crippen molar-refractivity contribution in [2.45, 2.75) is 31.6 Å². The van der Waals surface area contributed by atoms with Crippen LogP contribution in [-0.4, -0.2) is 27.6 Å². The van der Waals surface area contributed by atoms with Crippen molar-refractivity contribution in [2.24, 2.45) is 0 Å². The van der Waals surface area contributed by atoms with Gasteiger partial charge < -0.3 is 9.63 Å². The minimum absolute atomic E-state index is 0.0943. The second-order valence-corrected chi connectivity index (χ2v) is 3.88. The van der Waals surface area contributed by atoms with Crippen LogP contribution in [0.25, 0.3) is 0 Å². The molecular weight excluding hydrogens is 188 g/mol. The van der Waals surface area contributed by atoms with Gasteiger partial charge in [-0.1, -0.05) is 12.1 Å². The number of thioether (sulfide) groups is 1. The number of aromatic nitrogens is 2. The lowest BCUT2D eigenvalue weighted by Gasteiger charge is -2.07. The molecule has 0 bridgehead atoms. The normalized spacial score (nSPS) is 15.7. The van der Waals surface area contributed by atoms with Crippen LogP contribution in [0.3, 0.4) is 0 Å². The van der Waals surface area contributed by atoms with Crippen LogP contribution < -0.4 is 0 Å². The first-order valence-electron chi connectivity index (χ1n) is 4.14. The number of hydrogen-bond donors (Lipinski definition) is 1. The van der Waals surface area contributed by atoms with Crippen molar-refractivity contribution in [2.75, 3.05) is 6.26 Å². The summed E-state index contributed by atoms with van der Waals surface area (Å²) < 4.78 is 5.01. The monoisotopic (exact) mass is 202 g/mol. The van der Waals surface area contributed by atoms with Crippen LogP contribution >= 0.6 is 11.8 Å². The summed E-state index contributed by atoms with van der Waals surface area (Å²) in [5, 5.41) is 13.1. The first-order chi connectivity index (χ1) is 6.15. The molecular formula is C8H14N2O2S. The summed E-state index contributed by atoms with van der Waals surface area (Å²) in [7, 11) is 0. The Labute approximate surface area is 81.7 Å². The summed E-state index contributed by atoms with van der Waals surface area (Å²) in [6, 6.07) is 0. The van der Waals surface area contributed by atoms with Gasteiger partial charge >= 0.3 is 0 Å². The minimum atomic E-state index is -0.456. The number of nitrogens with zero attached hydrogens (tertiary/aromatic N) is 2.